The Bertz CT molecular complexity index is 1220. The zero-order valence-corrected chi connectivity index (χ0v) is 19.3. The second kappa shape index (κ2) is 9.12. The molecular weight excluding hydrogens is 420 g/mol. The van der Waals surface area contributed by atoms with Gasteiger partial charge in [-0.15, -0.1) is 0 Å². The number of hydrogen-bond donors (Lipinski definition) is 1. The largest absolute Gasteiger partial charge is 0.496 e. The van der Waals surface area contributed by atoms with Crippen LogP contribution in [0.4, 0.5) is 0 Å². The molecule has 1 aliphatic carbocycles. The number of nitrogens with zero attached hydrogens (tertiary/aromatic N) is 3. The molecule has 8 heteroatoms. The van der Waals surface area contributed by atoms with E-state index in [1.807, 2.05) is 44.3 Å². The zero-order chi connectivity index (χ0) is 23.6. The highest BCUT2D eigenvalue weighted by Gasteiger charge is 2.28. The SMILES string of the molecule is COCCOc1cc(-c2cnn3cc(C(C)(C)C#N)ccc23)cc(OC)c1C(=O)NC1CC1. The number of carbonyl (C=O) groups excluding carboxylic acids is 1. The van der Waals surface area contributed by atoms with E-state index in [1.54, 1.807) is 17.8 Å². The molecule has 33 heavy (non-hydrogen) atoms. The summed E-state index contributed by atoms with van der Waals surface area (Å²) in [5.74, 6) is 0.650. The smallest absolute Gasteiger partial charge is 0.259 e. The number of nitrogens with one attached hydrogen (secondary N) is 1. The van der Waals surface area contributed by atoms with Gasteiger partial charge in [0, 0.05) is 24.9 Å². The second-order valence-corrected chi connectivity index (χ2v) is 8.68. The van der Waals surface area contributed by atoms with Crippen LogP contribution >= 0.6 is 0 Å². The number of benzene rings is 1. The monoisotopic (exact) mass is 448 g/mol. The van der Waals surface area contributed by atoms with Gasteiger partial charge in [0.25, 0.3) is 5.91 Å². The number of hydrogen-bond acceptors (Lipinski definition) is 6. The van der Waals surface area contributed by atoms with Crippen LogP contribution in [0.1, 0.15) is 42.6 Å². The Balaban J connectivity index is 1.78. The lowest BCUT2D eigenvalue weighted by atomic mass is 9.87. The summed E-state index contributed by atoms with van der Waals surface area (Å²) < 4.78 is 18.4. The third-order valence-electron chi connectivity index (χ3n) is 5.80. The van der Waals surface area contributed by atoms with Crippen molar-refractivity contribution in [2.24, 2.45) is 0 Å². The van der Waals surface area contributed by atoms with Crippen molar-refractivity contribution in [3.63, 3.8) is 0 Å². The molecule has 0 atom stereocenters. The topological polar surface area (TPSA) is 97.9 Å². The minimum Gasteiger partial charge on any atom is -0.496 e. The van der Waals surface area contributed by atoms with Gasteiger partial charge in [-0.2, -0.15) is 10.4 Å². The normalized spacial score (nSPS) is 13.5. The average Bonchev–Trinajstić information content (AvgIpc) is 3.53. The molecule has 172 valence electrons. The van der Waals surface area contributed by atoms with E-state index in [0.717, 1.165) is 35.0 Å². The van der Waals surface area contributed by atoms with Gasteiger partial charge in [0.15, 0.2) is 0 Å². The van der Waals surface area contributed by atoms with Gasteiger partial charge >= 0.3 is 0 Å². The van der Waals surface area contributed by atoms with Gasteiger partial charge in [0.1, 0.15) is 23.7 Å². The first-order chi connectivity index (χ1) is 15.9. The van der Waals surface area contributed by atoms with Gasteiger partial charge in [0.05, 0.1) is 36.9 Å². The van der Waals surface area contributed by atoms with Gasteiger partial charge in [-0.3, -0.25) is 4.79 Å². The molecular formula is C25H28N4O4. The molecule has 1 amide bonds. The first-order valence-corrected chi connectivity index (χ1v) is 10.9. The molecule has 0 saturated heterocycles. The summed E-state index contributed by atoms with van der Waals surface area (Å²) in [5, 5.41) is 17.0. The number of aromatic nitrogens is 2. The minimum absolute atomic E-state index is 0.209. The fourth-order valence-electron chi connectivity index (χ4n) is 3.61. The second-order valence-electron chi connectivity index (χ2n) is 8.68. The number of amides is 1. The molecule has 0 aliphatic heterocycles. The van der Waals surface area contributed by atoms with Gasteiger partial charge in [-0.25, -0.2) is 4.52 Å². The average molecular weight is 449 g/mol. The van der Waals surface area contributed by atoms with E-state index < -0.39 is 5.41 Å². The van der Waals surface area contributed by atoms with Crippen molar-refractivity contribution >= 4 is 11.4 Å². The lowest BCUT2D eigenvalue weighted by Gasteiger charge is -2.17. The summed E-state index contributed by atoms with van der Waals surface area (Å²) in [6.07, 6.45) is 5.60. The van der Waals surface area contributed by atoms with Gasteiger partial charge in [0.2, 0.25) is 0 Å². The van der Waals surface area contributed by atoms with Crippen LogP contribution in [0, 0.1) is 11.3 Å². The maximum Gasteiger partial charge on any atom is 0.259 e. The first kappa shape index (κ1) is 22.6. The molecule has 4 rings (SSSR count). The summed E-state index contributed by atoms with van der Waals surface area (Å²) in [6, 6.07) is 10.1. The van der Waals surface area contributed by atoms with E-state index in [1.165, 1.54) is 7.11 Å². The number of rotatable bonds is 9. The summed E-state index contributed by atoms with van der Waals surface area (Å²) in [7, 11) is 3.14. The standard InChI is InChI=1S/C25H28N4O4/c1-25(2,15-26)17-5-8-20-19(13-27-29(20)14-17)16-11-21(32-4)23(24(30)28-18-6-7-18)22(12-16)33-10-9-31-3/h5,8,11-14,18H,6-7,9-10H2,1-4H3,(H,28,30). The molecule has 8 nitrogen and oxygen atoms in total. The van der Waals surface area contributed by atoms with Crippen molar-refractivity contribution in [2.45, 2.75) is 38.1 Å². The number of carbonyl (C=O) groups is 1. The molecule has 1 aromatic carbocycles. The van der Waals surface area contributed by atoms with Crippen LogP contribution in [0.3, 0.4) is 0 Å². The van der Waals surface area contributed by atoms with E-state index in [0.29, 0.717) is 30.3 Å². The van der Waals surface area contributed by atoms with Crippen molar-refractivity contribution in [3.05, 3.63) is 47.8 Å². The van der Waals surface area contributed by atoms with E-state index >= 15 is 0 Å². The maximum atomic E-state index is 13.0. The molecule has 1 saturated carbocycles. The zero-order valence-electron chi connectivity index (χ0n) is 19.3. The van der Waals surface area contributed by atoms with E-state index in [9.17, 15) is 10.1 Å². The molecule has 2 heterocycles. The molecule has 0 spiro atoms. The van der Waals surface area contributed by atoms with E-state index in [4.69, 9.17) is 14.2 Å². The van der Waals surface area contributed by atoms with Crippen LogP contribution in [0.2, 0.25) is 0 Å². The molecule has 0 bridgehead atoms. The van der Waals surface area contributed by atoms with Crippen molar-refractivity contribution in [1.82, 2.24) is 14.9 Å². The summed E-state index contributed by atoms with van der Waals surface area (Å²) in [4.78, 5) is 13.0. The van der Waals surface area contributed by atoms with Crippen LogP contribution < -0.4 is 14.8 Å². The fraction of sp³-hybridized carbons (Fsp3) is 0.400. The highest BCUT2D eigenvalue weighted by atomic mass is 16.5. The van der Waals surface area contributed by atoms with Crippen LogP contribution in [0.15, 0.2) is 36.7 Å². The van der Waals surface area contributed by atoms with Crippen molar-refractivity contribution in [1.29, 1.82) is 5.26 Å². The molecule has 0 radical (unpaired) electrons. The molecule has 1 aliphatic rings. The highest BCUT2D eigenvalue weighted by Crippen LogP contribution is 2.37. The molecule has 3 aromatic rings. The molecule has 1 N–H and O–H groups in total. The van der Waals surface area contributed by atoms with Crippen LogP contribution in [0.5, 0.6) is 11.5 Å². The Morgan fingerprint density at radius 2 is 2.00 bits per heavy atom. The van der Waals surface area contributed by atoms with E-state index in [2.05, 4.69) is 16.5 Å². The minimum atomic E-state index is -0.623. The van der Waals surface area contributed by atoms with Gasteiger partial charge < -0.3 is 19.5 Å². The van der Waals surface area contributed by atoms with Crippen molar-refractivity contribution in [2.75, 3.05) is 27.4 Å². The summed E-state index contributed by atoms with van der Waals surface area (Å²) in [5.41, 5.74) is 3.17. The van der Waals surface area contributed by atoms with Crippen molar-refractivity contribution in [3.8, 4) is 28.7 Å². The fourth-order valence-corrected chi connectivity index (χ4v) is 3.61. The highest BCUT2D eigenvalue weighted by molar-refractivity contribution is 6.01. The Labute approximate surface area is 193 Å². The Kier molecular flexibility index (Phi) is 6.25. The Morgan fingerprint density at radius 1 is 1.24 bits per heavy atom. The summed E-state index contributed by atoms with van der Waals surface area (Å²) in [6.45, 7) is 4.44. The van der Waals surface area contributed by atoms with Crippen LogP contribution in [-0.4, -0.2) is 49.0 Å². The van der Waals surface area contributed by atoms with Crippen LogP contribution in [-0.2, 0) is 10.2 Å². The lowest BCUT2D eigenvalue weighted by Crippen LogP contribution is -2.26. The molecule has 1 fully saturated rings. The Morgan fingerprint density at radius 3 is 2.67 bits per heavy atom. The number of ether oxygens (including phenoxy) is 3. The first-order valence-electron chi connectivity index (χ1n) is 10.9. The lowest BCUT2D eigenvalue weighted by molar-refractivity contribution is 0.0939. The Hall–Kier alpha value is -3.57. The maximum absolute atomic E-state index is 13.0. The van der Waals surface area contributed by atoms with Crippen molar-refractivity contribution < 1.29 is 19.0 Å². The van der Waals surface area contributed by atoms with Gasteiger partial charge in [-0.05, 0) is 56.0 Å². The number of fused-ring (bicyclic) bond motifs is 1. The predicted molar refractivity (Wildman–Crippen MR) is 124 cm³/mol. The van der Waals surface area contributed by atoms with E-state index in [-0.39, 0.29) is 11.9 Å². The predicted octanol–water partition coefficient (Wildman–Crippen LogP) is 3.73. The quantitative estimate of drug-likeness (QED) is 0.501. The molecule has 2 aromatic heterocycles. The number of methoxy groups -OCH3 is 2. The van der Waals surface area contributed by atoms with Gasteiger partial charge in [-0.1, -0.05) is 6.07 Å². The molecule has 0 unspecified atom stereocenters. The van der Waals surface area contributed by atoms with Crippen LogP contribution in [0.25, 0.3) is 16.6 Å². The third kappa shape index (κ3) is 4.64. The summed E-state index contributed by atoms with van der Waals surface area (Å²) >= 11 is 0. The number of pyridine rings is 1. The third-order valence-corrected chi connectivity index (χ3v) is 5.80. The number of nitriles is 1.